The normalized spacial score (nSPS) is 15.4. The fourth-order valence-electron chi connectivity index (χ4n) is 4.14. The maximum atomic E-state index is 5.75. The van der Waals surface area contributed by atoms with Crippen molar-refractivity contribution in [2.24, 2.45) is 5.10 Å². The largest absolute Gasteiger partial charge is 0.493 e. The van der Waals surface area contributed by atoms with Gasteiger partial charge in [0.1, 0.15) is 0 Å². The van der Waals surface area contributed by atoms with E-state index in [4.69, 9.17) is 24.0 Å². The number of ether oxygens (including phenoxy) is 4. The number of halogens is 1. The molecule has 0 amide bonds. The Kier molecular flexibility index (Phi) is 7.43. The van der Waals surface area contributed by atoms with Crippen LogP contribution in [0.4, 0.5) is 5.69 Å². The molecule has 0 unspecified atom stereocenters. The molecule has 0 bridgehead atoms. The Morgan fingerprint density at radius 3 is 2.18 bits per heavy atom. The quantitative estimate of drug-likeness (QED) is 0.337. The summed E-state index contributed by atoms with van der Waals surface area (Å²) in [6.07, 6.45) is 4.72. The van der Waals surface area contributed by atoms with Crippen LogP contribution in [0.2, 0.25) is 0 Å². The Morgan fingerprint density at radius 1 is 0.824 bits per heavy atom. The molecule has 1 aliphatic heterocycles. The van der Waals surface area contributed by atoms with Crippen LogP contribution in [0.25, 0.3) is 6.08 Å². The molecule has 0 spiro atoms. The molecule has 0 N–H and O–H groups in total. The molecule has 0 aliphatic carbocycles. The monoisotopic (exact) mass is 522 g/mol. The van der Waals surface area contributed by atoms with E-state index in [0.29, 0.717) is 29.4 Å². The first-order valence-electron chi connectivity index (χ1n) is 10.8. The number of hydrazone groups is 1. The van der Waals surface area contributed by atoms with Crippen LogP contribution in [0.15, 0.2) is 76.3 Å². The molecular formula is C27H27BrN2O4. The van der Waals surface area contributed by atoms with Gasteiger partial charge in [0, 0.05) is 22.0 Å². The van der Waals surface area contributed by atoms with Crippen molar-refractivity contribution in [3.05, 3.63) is 82.3 Å². The SMILES string of the molecule is COc1cccc(/C=C/C2=NN(c3cccc(Br)c3)[C@H](c3cccc(OC)c3OC)C2)c1OC. The lowest BCUT2D eigenvalue weighted by Gasteiger charge is -2.26. The summed E-state index contributed by atoms with van der Waals surface area (Å²) < 4.78 is 23.3. The Bertz CT molecular complexity index is 1230. The van der Waals surface area contributed by atoms with Gasteiger partial charge >= 0.3 is 0 Å². The second-order valence-corrected chi connectivity index (χ2v) is 8.55. The smallest absolute Gasteiger partial charge is 0.167 e. The first kappa shape index (κ1) is 23.7. The molecule has 7 heteroatoms. The first-order chi connectivity index (χ1) is 16.6. The number of anilines is 1. The molecule has 3 aromatic rings. The minimum absolute atomic E-state index is 0.0637. The minimum Gasteiger partial charge on any atom is -0.493 e. The van der Waals surface area contributed by atoms with Crippen molar-refractivity contribution in [3.8, 4) is 23.0 Å². The number of para-hydroxylation sites is 2. The second-order valence-electron chi connectivity index (χ2n) is 7.63. The second kappa shape index (κ2) is 10.7. The Morgan fingerprint density at radius 2 is 1.50 bits per heavy atom. The van der Waals surface area contributed by atoms with Gasteiger partial charge in [-0.1, -0.05) is 46.3 Å². The van der Waals surface area contributed by atoms with Crippen LogP contribution in [0.3, 0.4) is 0 Å². The summed E-state index contributed by atoms with van der Waals surface area (Å²) in [6.45, 7) is 0. The standard InChI is InChI=1S/C27H27BrN2O4/c1-31-24-12-5-8-18(26(24)33-3)14-15-20-17-23(22-11-7-13-25(32-2)27(22)34-4)30(29-20)21-10-6-9-19(28)16-21/h5-16,23H,17H2,1-4H3/b15-14+/t23-/m0/s1. The number of hydrogen-bond donors (Lipinski definition) is 0. The van der Waals surface area contributed by atoms with Gasteiger partial charge in [-0.05, 0) is 42.5 Å². The first-order valence-corrected chi connectivity index (χ1v) is 11.6. The molecule has 0 aromatic heterocycles. The van der Waals surface area contributed by atoms with Crippen LogP contribution in [0, 0.1) is 0 Å². The van der Waals surface area contributed by atoms with Crippen LogP contribution in [0.1, 0.15) is 23.6 Å². The van der Waals surface area contributed by atoms with Crippen LogP contribution in [-0.2, 0) is 0 Å². The third kappa shape index (κ3) is 4.75. The highest BCUT2D eigenvalue weighted by molar-refractivity contribution is 9.10. The fourth-order valence-corrected chi connectivity index (χ4v) is 4.52. The summed E-state index contributed by atoms with van der Waals surface area (Å²) >= 11 is 3.58. The number of rotatable bonds is 8. The lowest BCUT2D eigenvalue weighted by atomic mass is 9.99. The van der Waals surface area contributed by atoms with E-state index in [2.05, 4.69) is 28.1 Å². The van der Waals surface area contributed by atoms with Crippen molar-refractivity contribution in [2.45, 2.75) is 12.5 Å². The van der Waals surface area contributed by atoms with E-state index >= 15 is 0 Å². The summed E-state index contributed by atoms with van der Waals surface area (Å²) in [6, 6.07) is 19.8. The molecule has 0 saturated carbocycles. The van der Waals surface area contributed by atoms with Crippen LogP contribution in [0.5, 0.6) is 23.0 Å². The minimum atomic E-state index is -0.0637. The van der Waals surface area contributed by atoms with E-state index in [1.807, 2.05) is 65.7 Å². The third-order valence-electron chi connectivity index (χ3n) is 5.69. The summed E-state index contributed by atoms with van der Waals surface area (Å²) in [5.41, 5.74) is 3.83. The van der Waals surface area contributed by atoms with Crippen molar-refractivity contribution < 1.29 is 18.9 Å². The zero-order chi connectivity index (χ0) is 24.1. The Hall–Kier alpha value is -3.45. The molecule has 4 rings (SSSR count). The van der Waals surface area contributed by atoms with Gasteiger partial charge in [0.05, 0.1) is 45.9 Å². The fraction of sp³-hybridized carbons (Fsp3) is 0.222. The van der Waals surface area contributed by atoms with Gasteiger partial charge in [0.2, 0.25) is 0 Å². The van der Waals surface area contributed by atoms with Crippen LogP contribution >= 0.6 is 15.9 Å². The average molecular weight is 523 g/mol. The van der Waals surface area contributed by atoms with Crippen molar-refractivity contribution >= 4 is 33.4 Å². The molecule has 0 saturated heterocycles. The van der Waals surface area contributed by atoms with Gasteiger partial charge in [0.25, 0.3) is 0 Å². The molecule has 6 nitrogen and oxygen atoms in total. The number of nitrogens with zero attached hydrogens (tertiary/aromatic N) is 2. The predicted molar refractivity (Wildman–Crippen MR) is 140 cm³/mol. The molecule has 0 radical (unpaired) electrons. The highest BCUT2D eigenvalue weighted by Gasteiger charge is 2.31. The van der Waals surface area contributed by atoms with Crippen molar-refractivity contribution in [1.29, 1.82) is 0 Å². The highest BCUT2D eigenvalue weighted by atomic mass is 79.9. The molecule has 3 aromatic carbocycles. The van der Waals surface area contributed by atoms with Crippen molar-refractivity contribution in [3.63, 3.8) is 0 Å². The molecular weight excluding hydrogens is 496 g/mol. The summed E-state index contributed by atoms with van der Waals surface area (Å²) in [5, 5.41) is 7.01. The Balaban J connectivity index is 1.74. The van der Waals surface area contributed by atoms with E-state index in [1.165, 1.54) is 0 Å². The molecule has 1 aliphatic rings. The third-order valence-corrected chi connectivity index (χ3v) is 6.18. The van der Waals surface area contributed by atoms with Gasteiger partial charge in [-0.15, -0.1) is 0 Å². The van der Waals surface area contributed by atoms with Gasteiger partial charge in [-0.25, -0.2) is 0 Å². The van der Waals surface area contributed by atoms with Gasteiger partial charge in [-0.3, -0.25) is 5.01 Å². The summed E-state index contributed by atoms with van der Waals surface area (Å²) in [7, 11) is 6.59. The zero-order valence-corrected chi connectivity index (χ0v) is 21.2. The maximum Gasteiger partial charge on any atom is 0.167 e. The maximum absolute atomic E-state index is 5.75. The van der Waals surface area contributed by atoms with E-state index in [0.717, 1.165) is 27.0 Å². The van der Waals surface area contributed by atoms with E-state index in [1.54, 1.807) is 28.4 Å². The highest BCUT2D eigenvalue weighted by Crippen LogP contribution is 2.43. The van der Waals surface area contributed by atoms with Gasteiger partial charge in [0.15, 0.2) is 23.0 Å². The molecule has 0 fully saturated rings. The van der Waals surface area contributed by atoms with E-state index in [9.17, 15) is 0 Å². The molecule has 1 atom stereocenters. The zero-order valence-electron chi connectivity index (χ0n) is 19.6. The molecule has 1 heterocycles. The number of allylic oxidation sites excluding steroid dienone is 1. The predicted octanol–water partition coefficient (Wildman–Crippen LogP) is 6.50. The Labute approximate surface area is 208 Å². The number of benzene rings is 3. The summed E-state index contributed by atoms with van der Waals surface area (Å²) in [4.78, 5) is 0. The van der Waals surface area contributed by atoms with Crippen LogP contribution in [-0.4, -0.2) is 34.2 Å². The van der Waals surface area contributed by atoms with Crippen molar-refractivity contribution in [1.82, 2.24) is 0 Å². The lowest BCUT2D eigenvalue weighted by Crippen LogP contribution is -2.19. The van der Waals surface area contributed by atoms with Crippen molar-refractivity contribution in [2.75, 3.05) is 33.4 Å². The van der Waals surface area contributed by atoms with E-state index < -0.39 is 0 Å². The topological polar surface area (TPSA) is 52.5 Å². The lowest BCUT2D eigenvalue weighted by molar-refractivity contribution is 0.349. The summed E-state index contributed by atoms with van der Waals surface area (Å²) in [5.74, 6) is 2.78. The van der Waals surface area contributed by atoms with Crippen LogP contribution < -0.4 is 24.0 Å². The average Bonchev–Trinajstić information content (AvgIpc) is 3.30. The number of hydrogen-bond acceptors (Lipinski definition) is 6. The van der Waals surface area contributed by atoms with Gasteiger partial charge < -0.3 is 18.9 Å². The number of methoxy groups -OCH3 is 4. The van der Waals surface area contributed by atoms with Gasteiger partial charge in [-0.2, -0.15) is 5.10 Å². The molecule has 34 heavy (non-hydrogen) atoms. The van der Waals surface area contributed by atoms with E-state index in [-0.39, 0.29) is 6.04 Å². The molecule has 176 valence electrons.